The number of aryl methyl sites for hydroxylation is 1. The van der Waals surface area contributed by atoms with Gasteiger partial charge in [0.2, 0.25) is 5.91 Å². The van der Waals surface area contributed by atoms with Crippen molar-refractivity contribution in [1.29, 1.82) is 0 Å². The molecule has 0 fully saturated rings. The van der Waals surface area contributed by atoms with Gasteiger partial charge < -0.3 is 5.32 Å². The maximum absolute atomic E-state index is 11.8. The van der Waals surface area contributed by atoms with Gasteiger partial charge in [-0.3, -0.25) is 4.79 Å². The van der Waals surface area contributed by atoms with Gasteiger partial charge in [0.15, 0.2) is 0 Å². The Kier molecular flexibility index (Phi) is 8.06. The van der Waals surface area contributed by atoms with Crippen LogP contribution in [0.1, 0.15) is 11.1 Å². The Morgan fingerprint density at radius 2 is 1.87 bits per heavy atom. The third-order valence-corrected chi connectivity index (χ3v) is 5.93. The van der Waals surface area contributed by atoms with Crippen LogP contribution < -0.4 is 5.32 Å². The van der Waals surface area contributed by atoms with Gasteiger partial charge in [0.1, 0.15) is 0 Å². The van der Waals surface area contributed by atoms with Crippen LogP contribution >= 0.6 is 39.5 Å². The second kappa shape index (κ2) is 10.1. The average molecular weight is 410 g/mol. The minimum atomic E-state index is 0.103. The lowest BCUT2D eigenvalue weighted by Gasteiger charge is -2.06. The van der Waals surface area contributed by atoms with Gasteiger partial charge in [-0.1, -0.05) is 51.8 Å². The zero-order valence-electron chi connectivity index (χ0n) is 13.0. The number of nitrogens with one attached hydrogen (secondary N) is 1. The summed E-state index contributed by atoms with van der Waals surface area (Å²) in [6.45, 7) is 2.79. The number of hydrogen-bond donors (Lipinski definition) is 1. The van der Waals surface area contributed by atoms with Crippen LogP contribution in [-0.2, 0) is 10.5 Å². The Labute approximate surface area is 155 Å². The highest BCUT2D eigenvalue weighted by molar-refractivity contribution is 9.10. The third-order valence-electron chi connectivity index (χ3n) is 3.16. The van der Waals surface area contributed by atoms with Crippen molar-refractivity contribution in [2.45, 2.75) is 17.6 Å². The molecule has 1 amide bonds. The fraction of sp³-hybridized carbons (Fsp3) is 0.278. The van der Waals surface area contributed by atoms with E-state index in [4.69, 9.17) is 0 Å². The summed E-state index contributed by atoms with van der Waals surface area (Å²) < 4.78 is 1.10. The predicted octanol–water partition coefficient (Wildman–Crippen LogP) is 4.90. The molecule has 0 heterocycles. The Bertz CT molecular complexity index is 631. The van der Waals surface area contributed by atoms with Crippen molar-refractivity contribution < 1.29 is 4.79 Å². The molecule has 23 heavy (non-hydrogen) atoms. The van der Waals surface area contributed by atoms with Gasteiger partial charge in [-0.25, -0.2) is 0 Å². The normalized spacial score (nSPS) is 10.5. The molecule has 0 radical (unpaired) electrons. The lowest BCUT2D eigenvalue weighted by Crippen LogP contribution is -2.27. The molecule has 0 aliphatic rings. The maximum Gasteiger partial charge on any atom is 0.230 e. The van der Waals surface area contributed by atoms with Crippen molar-refractivity contribution in [3.63, 3.8) is 0 Å². The molecule has 2 rings (SSSR count). The minimum Gasteiger partial charge on any atom is -0.355 e. The highest BCUT2D eigenvalue weighted by Crippen LogP contribution is 2.21. The molecule has 0 atom stereocenters. The summed E-state index contributed by atoms with van der Waals surface area (Å²) in [7, 11) is 0. The first-order valence-electron chi connectivity index (χ1n) is 7.42. The van der Waals surface area contributed by atoms with E-state index in [1.165, 1.54) is 16.0 Å². The molecule has 0 saturated heterocycles. The van der Waals surface area contributed by atoms with Crippen molar-refractivity contribution >= 4 is 45.4 Å². The minimum absolute atomic E-state index is 0.103. The number of thioether (sulfide) groups is 2. The summed E-state index contributed by atoms with van der Waals surface area (Å²) in [5.41, 5.74) is 2.49. The van der Waals surface area contributed by atoms with Crippen LogP contribution in [0, 0.1) is 6.92 Å². The zero-order valence-corrected chi connectivity index (χ0v) is 16.3. The first kappa shape index (κ1) is 18.4. The number of hydrogen-bond acceptors (Lipinski definition) is 3. The van der Waals surface area contributed by atoms with E-state index in [-0.39, 0.29) is 5.91 Å². The molecule has 2 nitrogen and oxygen atoms in total. The fourth-order valence-electron chi connectivity index (χ4n) is 1.91. The Hall–Kier alpha value is -0.910. The lowest BCUT2D eigenvalue weighted by molar-refractivity contribution is -0.118. The van der Waals surface area contributed by atoms with Crippen LogP contribution in [0.15, 0.2) is 57.9 Å². The standard InChI is InChI=1S/C18H20BrNOS2/c1-14-6-8-16(9-7-14)23-11-10-20-18(21)13-22-12-15-4-2-3-5-17(15)19/h2-9H,10-13H2,1H3,(H,20,21). The van der Waals surface area contributed by atoms with Gasteiger partial charge >= 0.3 is 0 Å². The van der Waals surface area contributed by atoms with E-state index in [0.717, 1.165) is 16.0 Å². The summed E-state index contributed by atoms with van der Waals surface area (Å²) in [6, 6.07) is 16.6. The van der Waals surface area contributed by atoms with Crippen molar-refractivity contribution in [2.24, 2.45) is 0 Å². The molecule has 122 valence electrons. The van der Waals surface area contributed by atoms with Crippen LogP contribution in [0.3, 0.4) is 0 Å². The molecule has 0 aliphatic heterocycles. The first-order chi connectivity index (χ1) is 11.1. The molecular formula is C18H20BrNOS2. The van der Waals surface area contributed by atoms with Gasteiger partial charge in [0.05, 0.1) is 5.75 Å². The first-order valence-corrected chi connectivity index (χ1v) is 10.4. The number of carbonyl (C=O) groups excluding carboxylic acids is 1. The second-order valence-corrected chi connectivity index (χ2v) is 8.10. The third kappa shape index (κ3) is 7.02. The van der Waals surface area contributed by atoms with Crippen LogP contribution in [0.5, 0.6) is 0 Å². The zero-order chi connectivity index (χ0) is 16.5. The monoisotopic (exact) mass is 409 g/mol. The molecule has 0 unspecified atom stereocenters. The highest BCUT2D eigenvalue weighted by Gasteiger charge is 2.03. The van der Waals surface area contributed by atoms with E-state index in [2.05, 4.69) is 58.5 Å². The summed E-state index contributed by atoms with van der Waals surface area (Å²) in [5.74, 6) is 2.33. The van der Waals surface area contributed by atoms with E-state index in [9.17, 15) is 4.79 Å². The topological polar surface area (TPSA) is 29.1 Å². The molecule has 2 aromatic rings. The molecule has 0 bridgehead atoms. The fourth-order valence-corrected chi connectivity index (χ4v) is 4.15. The molecule has 0 aromatic heterocycles. The van der Waals surface area contributed by atoms with Crippen molar-refractivity contribution in [3.8, 4) is 0 Å². The molecule has 2 aromatic carbocycles. The van der Waals surface area contributed by atoms with Gasteiger partial charge in [0, 0.05) is 27.4 Å². The van der Waals surface area contributed by atoms with E-state index >= 15 is 0 Å². The van der Waals surface area contributed by atoms with Gasteiger partial charge in [-0.15, -0.1) is 23.5 Å². The maximum atomic E-state index is 11.8. The van der Waals surface area contributed by atoms with E-state index in [0.29, 0.717) is 12.3 Å². The van der Waals surface area contributed by atoms with Crippen LogP contribution in [-0.4, -0.2) is 24.0 Å². The number of halogens is 1. The van der Waals surface area contributed by atoms with Crippen LogP contribution in [0.2, 0.25) is 0 Å². The molecule has 5 heteroatoms. The van der Waals surface area contributed by atoms with Gasteiger partial charge in [-0.2, -0.15) is 0 Å². The molecule has 0 aliphatic carbocycles. The largest absolute Gasteiger partial charge is 0.355 e. The lowest BCUT2D eigenvalue weighted by atomic mass is 10.2. The van der Waals surface area contributed by atoms with Crippen molar-refractivity contribution in [3.05, 3.63) is 64.1 Å². The molecule has 1 N–H and O–H groups in total. The average Bonchev–Trinajstić information content (AvgIpc) is 2.55. The predicted molar refractivity (Wildman–Crippen MR) is 105 cm³/mol. The number of amides is 1. The summed E-state index contributed by atoms with van der Waals surface area (Å²) in [4.78, 5) is 13.1. The quantitative estimate of drug-likeness (QED) is 0.496. The Morgan fingerprint density at radius 1 is 1.13 bits per heavy atom. The molecule has 0 saturated carbocycles. The van der Waals surface area contributed by atoms with Crippen molar-refractivity contribution in [1.82, 2.24) is 5.32 Å². The van der Waals surface area contributed by atoms with Crippen molar-refractivity contribution in [2.75, 3.05) is 18.1 Å². The SMILES string of the molecule is Cc1ccc(SCCNC(=O)CSCc2ccccc2Br)cc1. The molecule has 0 spiro atoms. The van der Waals surface area contributed by atoms with Gasteiger partial charge in [-0.05, 0) is 30.7 Å². The van der Waals surface area contributed by atoms with E-state index in [1.807, 2.05) is 18.2 Å². The smallest absolute Gasteiger partial charge is 0.230 e. The number of rotatable bonds is 8. The Balaban J connectivity index is 1.58. The Morgan fingerprint density at radius 3 is 2.61 bits per heavy atom. The molecular weight excluding hydrogens is 390 g/mol. The van der Waals surface area contributed by atoms with Crippen LogP contribution in [0.4, 0.5) is 0 Å². The summed E-state index contributed by atoms with van der Waals surface area (Å²) in [5, 5.41) is 2.97. The summed E-state index contributed by atoms with van der Waals surface area (Å²) in [6.07, 6.45) is 0. The number of benzene rings is 2. The summed E-state index contributed by atoms with van der Waals surface area (Å²) >= 11 is 6.93. The van der Waals surface area contributed by atoms with Gasteiger partial charge in [0.25, 0.3) is 0 Å². The van der Waals surface area contributed by atoms with E-state index < -0.39 is 0 Å². The van der Waals surface area contributed by atoms with E-state index in [1.54, 1.807) is 23.5 Å². The number of carbonyl (C=O) groups is 1. The van der Waals surface area contributed by atoms with Crippen LogP contribution in [0.25, 0.3) is 0 Å². The highest BCUT2D eigenvalue weighted by atomic mass is 79.9. The second-order valence-electron chi connectivity index (χ2n) is 5.10.